The largest absolute Gasteiger partial charge is 0.497 e. The lowest BCUT2D eigenvalue weighted by atomic mass is 10.2. The molecule has 0 saturated heterocycles. The molecule has 0 unspecified atom stereocenters. The molecule has 1 aromatic heterocycles. The molecule has 0 bridgehead atoms. The van der Waals surface area contributed by atoms with Crippen LogP contribution in [0.2, 0.25) is 0 Å². The number of aromatic nitrogens is 1. The van der Waals surface area contributed by atoms with Crippen LogP contribution < -0.4 is 20.1 Å². The standard InChI is InChI=1S/C25H21N3O4S/c1-30-19-9-6-16(7-10-19)8-13-23(29)28-25(33)26-18-5-3-4-17(14-18)24-27-21-15-20(31-2)11-12-22(21)32-24/h3-15H,1-2H3,(H2,26,28,29,33)/b13-8+. The first-order chi connectivity index (χ1) is 16.0. The number of hydrogen-bond donors (Lipinski definition) is 2. The minimum Gasteiger partial charge on any atom is -0.497 e. The maximum Gasteiger partial charge on any atom is 0.250 e. The molecule has 8 heteroatoms. The number of nitrogens with zero attached hydrogens (tertiary/aromatic N) is 1. The number of carbonyl (C=O) groups is 1. The monoisotopic (exact) mass is 459 g/mol. The van der Waals surface area contributed by atoms with Crippen molar-refractivity contribution in [3.05, 3.63) is 78.4 Å². The van der Waals surface area contributed by atoms with Gasteiger partial charge in [-0.3, -0.25) is 10.1 Å². The van der Waals surface area contributed by atoms with Crippen molar-refractivity contribution in [3.63, 3.8) is 0 Å². The summed E-state index contributed by atoms with van der Waals surface area (Å²) in [5, 5.41) is 5.82. The van der Waals surface area contributed by atoms with Gasteiger partial charge in [0.05, 0.1) is 14.2 Å². The summed E-state index contributed by atoms with van der Waals surface area (Å²) in [7, 11) is 3.21. The predicted octanol–water partition coefficient (Wildman–Crippen LogP) is 5.04. The van der Waals surface area contributed by atoms with Crippen molar-refractivity contribution in [1.29, 1.82) is 0 Å². The Hall–Kier alpha value is -4.17. The number of nitrogens with one attached hydrogen (secondary N) is 2. The molecule has 2 N–H and O–H groups in total. The van der Waals surface area contributed by atoms with Gasteiger partial charge in [-0.25, -0.2) is 4.98 Å². The highest BCUT2D eigenvalue weighted by Crippen LogP contribution is 2.28. The first-order valence-corrected chi connectivity index (χ1v) is 10.4. The van der Waals surface area contributed by atoms with Gasteiger partial charge in [0.1, 0.15) is 17.0 Å². The van der Waals surface area contributed by atoms with Gasteiger partial charge in [0, 0.05) is 23.4 Å². The average molecular weight is 460 g/mol. The Kier molecular flexibility index (Phi) is 6.66. The van der Waals surface area contributed by atoms with Crippen LogP contribution in [-0.4, -0.2) is 30.2 Å². The average Bonchev–Trinajstić information content (AvgIpc) is 3.26. The number of anilines is 1. The molecule has 0 atom stereocenters. The van der Waals surface area contributed by atoms with Crippen molar-refractivity contribution in [2.75, 3.05) is 19.5 Å². The molecule has 1 amide bonds. The second kappa shape index (κ2) is 9.97. The van der Waals surface area contributed by atoms with Crippen molar-refractivity contribution in [1.82, 2.24) is 10.3 Å². The molecule has 0 saturated carbocycles. The topological polar surface area (TPSA) is 85.6 Å². The van der Waals surface area contributed by atoms with E-state index in [1.807, 2.05) is 66.7 Å². The van der Waals surface area contributed by atoms with Crippen LogP contribution in [0.15, 0.2) is 77.2 Å². The number of carbonyl (C=O) groups excluding carboxylic acids is 1. The minimum atomic E-state index is -0.340. The number of thiocarbonyl (C=S) groups is 1. The van der Waals surface area contributed by atoms with E-state index in [2.05, 4.69) is 15.6 Å². The molecular formula is C25H21N3O4S. The maximum atomic E-state index is 12.2. The fraction of sp³-hybridized carbons (Fsp3) is 0.0800. The van der Waals surface area contributed by atoms with Crippen molar-refractivity contribution in [2.24, 2.45) is 0 Å². The molecule has 33 heavy (non-hydrogen) atoms. The van der Waals surface area contributed by atoms with Gasteiger partial charge in [-0.2, -0.15) is 0 Å². The van der Waals surface area contributed by atoms with Crippen molar-refractivity contribution in [2.45, 2.75) is 0 Å². The molecule has 3 aromatic carbocycles. The summed E-state index contributed by atoms with van der Waals surface area (Å²) in [6, 6.07) is 20.2. The smallest absolute Gasteiger partial charge is 0.250 e. The summed E-state index contributed by atoms with van der Waals surface area (Å²) in [5.41, 5.74) is 3.69. The first kappa shape index (κ1) is 22.0. The van der Waals surface area contributed by atoms with E-state index in [-0.39, 0.29) is 11.0 Å². The van der Waals surface area contributed by atoms with Gasteiger partial charge in [0.15, 0.2) is 10.7 Å². The number of rotatable bonds is 6. The highest BCUT2D eigenvalue weighted by molar-refractivity contribution is 7.80. The Balaban J connectivity index is 1.40. The van der Waals surface area contributed by atoms with E-state index in [0.29, 0.717) is 28.4 Å². The quantitative estimate of drug-likeness (QED) is 0.309. The number of hydrogen-bond acceptors (Lipinski definition) is 6. The number of ether oxygens (including phenoxy) is 2. The molecule has 0 radical (unpaired) electrons. The van der Waals surface area contributed by atoms with Crippen molar-refractivity contribution >= 4 is 46.1 Å². The molecule has 1 heterocycles. The summed E-state index contributed by atoms with van der Waals surface area (Å²) in [5.74, 6) is 1.59. The highest BCUT2D eigenvalue weighted by Gasteiger charge is 2.10. The second-order valence-corrected chi connectivity index (χ2v) is 7.39. The zero-order valence-corrected chi connectivity index (χ0v) is 18.8. The lowest BCUT2D eigenvalue weighted by molar-refractivity contribution is -0.115. The van der Waals surface area contributed by atoms with Crippen molar-refractivity contribution in [3.8, 4) is 23.0 Å². The van der Waals surface area contributed by atoms with Gasteiger partial charge >= 0.3 is 0 Å². The minimum absolute atomic E-state index is 0.179. The third-order valence-electron chi connectivity index (χ3n) is 4.74. The molecule has 7 nitrogen and oxygen atoms in total. The number of amides is 1. The fourth-order valence-electron chi connectivity index (χ4n) is 3.09. The molecule has 0 spiro atoms. The van der Waals surface area contributed by atoms with Crippen LogP contribution in [0.5, 0.6) is 11.5 Å². The van der Waals surface area contributed by atoms with Gasteiger partial charge in [-0.1, -0.05) is 18.2 Å². The highest BCUT2D eigenvalue weighted by atomic mass is 32.1. The van der Waals surface area contributed by atoms with E-state index in [1.54, 1.807) is 20.3 Å². The number of oxazole rings is 1. The molecule has 0 fully saturated rings. The number of benzene rings is 3. The first-order valence-electron chi connectivity index (χ1n) is 10.0. The Morgan fingerprint density at radius 2 is 1.76 bits per heavy atom. The van der Waals surface area contributed by atoms with Crippen LogP contribution in [0.25, 0.3) is 28.6 Å². The maximum absolute atomic E-state index is 12.2. The van der Waals surface area contributed by atoms with Gasteiger partial charge in [0.25, 0.3) is 0 Å². The fourth-order valence-corrected chi connectivity index (χ4v) is 3.31. The summed E-state index contributed by atoms with van der Waals surface area (Å²) in [6.07, 6.45) is 3.11. The van der Waals surface area contributed by atoms with E-state index in [0.717, 1.165) is 16.9 Å². The molecule has 4 rings (SSSR count). The Labute approximate surface area is 196 Å². The summed E-state index contributed by atoms with van der Waals surface area (Å²) in [6.45, 7) is 0. The molecule has 0 aliphatic heterocycles. The zero-order chi connectivity index (χ0) is 23.2. The second-order valence-electron chi connectivity index (χ2n) is 6.98. The third-order valence-corrected chi connectivity index (χ3v) is 4.95. The molecular weight excluding hydrogens is 438 g/mol. The van der Waals surface area contributed by atoms with E-state index >= 15 is 0 Å². The molecule has 4 aromatic rings. The van der Waals surface area contributed by atoms with Crippen LogP contribution in [0.3, 0.4) is 0 Å². The molecule has 0 aliphatic carbocycles. The van der Waals surface area contributed by atoms with Gasteiger partial charge in [-0.15, -0.1) is 0 Å². The summed E-state index contributed by atoms with van der Waals surface area (Å²) < 4.78 is 16.2. The summed E-state index contributed by atoms with van der Waals surface area (Å²) in [4.78, 5) is 16.7. The number of fused-ring (bicyclic) bond motifs is 1. The van der Waals surface area contributed by atoms with Gasteiger partial charge < -0.3 is 19.2 Å². The summed E-state index contributed by atoms with van der Waals surface area (Å²) >= 11 is 5.27. The SMILES string of the molecule is COc1ccc(/C=C/C(=O)NC(=S)Nc2cccc(-c3nc4cc(OC)ccc4o3)c2)cc1. The van der Waals surface area contributed by atoms with Crippen LogP contribution in [0.1, 0.15) is 5.56 Å². The van der Waals surface area contributed by atoms with E-state index in [9.17, 15) is 4.79 Å². The van der Waals surface area contributed by atoms with E-state index in [4.69, 9.17) is 26.1 Å². The van der Waals surface area contributed by atoms with Gasteiger partial charge in [-0.05, 0) is 66.3 Å². The molecule has 166 valence electrons. The van der Waals surface area contributed by atoms with Crippen LogP contribution in [0.4, 0.5) is 5.69 Å². The normalized spacial score (nSPS) is 10.8. The van der Waals surface area contributed by atoms with Crippen LogP contribution in [-0.2, 0) is 4.79 Å². The van der Waals surface area contributed by atoms with E-state index < -0.39 is 0 Å². The Morgan fingerprint density at radius 1 is 1.00 bits per heavy atom. The lowest BCUT2D eigenvalue weighted by Gasteiger charge is -2.09. The van der Waals surface area contributed by atoms with Gasteiger partial charge in [0.2, 0.25) is 11.8 Å². The Morgan fingerprint density at radius 3 is 2.52 bits per heavy atom. The number of methoxy groups -OCH3 is 2. The van der Waals surface area contributed by atoms with E-state index in [1.165, 1.54) is 6.08 Å². The Bertz CT molecular complexity index is 1330. The van der Waals surface area contributed by atoms with Crippen LogP contribution >= 0.6 is 12.2 Å². The molecule has 0 aliphatic rings. The van der Waals surface area contributed by atoms with Crippen molar-refractivity contribution < 1.29 is 18.7 Å². The van der Waals surface area contributed by atoms with Crippen LogP contribution in [0, 0.1) is 0 Å². The third kappa shape index (κ3) is 5.55. The zero-order valence-electron chi connectivity index (χ0n) is 18.0. The predicted molar refractivity (Wildman–Crippen MR) is 132 cm³/mol. The lowest BCUT2D eigenvalue weighted by Crippen LogP contribution is -2.32.